The van der Waals surface area contributed by atoms with E-state index in [0.717, 1.165) is 12.4 Å². The van der Waals surface area contributed by atoms with E-state index in [9.17, 15) is 0 Å². The molecule has 1 aromatic rings. The molecule has 1 saturated heterocycles. The number of hydrogen-bond acceptors (Lipinski definition) is 5. The lowest BCUT2D eigenvalue weighted by Gasteiger charge is -2.35. The van der Waals surface area contributed by atoms with Crippen molar-refractivity contribution in [3.05, 3.63) is 12.4 Å². The maximum absolute atomic E-state index is 5.28. The van der Waals surface area contributed by atoms with Crippen molar-refractivity contribution in [2.45, 2.75) is 39.7 Å². The number of nitrogens with one attached hydrogen (secondary N) is 1. The molecular weight excluding hydrogens is 252 g/mol. The smallest absolute Gasteiger partial charge is 0.257 e. The number of ether oxygens (including phenoxy) is 1. The van der Waals surface area contributed by atoms with Gasteiger partial charge in [-0.3, -0.25) is 0 Å². The summed E-state index contributed by atoms with van der Waals surface area (Å²) in [4.78, 5) is 11.1. The zero-order chi connectivity index (χ0) is 14.6. The molecule has 1 aliphatic rings. The SMILES string of the molecule is COc1nccnc1N[C@@H](CN1CCCC1)C(C)(C)C. The Morgan fingerprint density at radius 3 is 2.50 bits per heavy atom. The lowest BCUT2D eigenvalue weighted by molar-refractivity contribution is 0.240. The standard InChI is InChI=1S/C15H26N4O/c1-15(2,3)12(11-19-9-5-6-10-19)18-13-14(20-4)17-8-7-16-13/h7-8,12H,5-6,9-11H2,1-4H3,(H,16,18)/t12-/m0/s1. The topological polar surface area (TPSA) is 50.3 Å². The Morgan fingerprint density at radius 2 is 1.90 bits per heavy atom. The summed E-state index contributed by atoms with van der Waals surface area (Å²) in [6.07, 6.45) is 5.97. The van der Waals surface area contributed by atoms with Crippen molar-refractivity contribution in [2.24, 2.45) is 5.41 Å². The zero-order valence-electron chi connectivity index (χ0n) is 13.0. The van der Waals surface area contributed by atoms with Gasteiger partial charge in [-0.1, -0.05) is 20.8 Å². The van der Waals surface area contributed by atoms with E-state index in [1.54, 1.807) is 19.5 Å². The summed E-state index contributed by atoms with van der Waals surface area (Å²) in [6.45, 7) is 10.2. The number of aromatic nitrogens is 2. The number of hydrogen-bond donors (Lipinski definition) is 1. The molecule has 1 fully saturated rings. The second-order valence-corrected chi connectivity index (χ2v) is 6.48. The molecule has 0 radical (unpaired) electrons. The maximum atomic E-state index is 5.28. The minimum atomic E-state index is 0.144. The summed E-state index contributed by atoms with van der Waals surface area (Å²) in [7, 11) is 1.63. The monoisotopic (exact) mass is 278 g/mol. The Morgan fingerprint density at radius 1 is 1.25 bits per heavy atom. The summed E-state index contributed by atoms with van der Waals surface area (Å²) >= 11 is 0. The van der Waals surface area contributed by atoms with E-state index in [2.05, 4.69) is 41.0 Å². The van der Waals surface area contributed by atoms with E-state index in [-0.39, 0.29) is 5.41 Å². The highest BCUT2D eigenvalue weighted by atomic mass is 16.5. The molecule has 0 unspecified atom stereocenters. The summed E-state index contributed by atoms with van der Waals surface area (Å²) in [5, 5.41) is 3.53. The van der Waals surface area contributed by atoms with Crippen LogP contribution in [-0.2, 0) is 0 Å². The van der Waals surface area contributed by atoms with Crippen LogP contribution >= 0.6 is 0 Å². The van der Waals surface area contributed by atoms with Gasteiger partial charge in [-0.25, -0.2) is 9.97 Å². The van der Waals surface area contributed by atoms with Crippen molar-refractivity contribution in [2.75, 3.05) is 32.1 Å². The molecule has 20 heavy (non-hydrogen) atoms. The number of rotatable bonds is 5. The summed E-state index contributed by atoms with van der Waals surface area (Å²) in [5.74, 6) is 1.29. The molecule has 0 aliphatic carbocycles. The van der Waals surface area contributed by atoms with Gasteiger partial charge < -0.3 is 15.0 Å². The second kappa shape index (κ2) is 6.39. The van der Waals surface area contributed by atoms with Gasteiger partial charge in [-0.2, -0.15) is 0 Å². The summed E-state index contributed by atoms with van der Waals surface area (Å²) in [6, 6.07) is 0.311. The van der Waals surface area contributed by atoms with Crippen LogP contribution in [0.25, 0.3) is 0 Å². The Hall–Kier alpha value is -1.36. The van der Waals surface area contributed by atoms with Crippen molar-refractivity contribution in [1.29, 1.82) is 0 Å². The molecule has 2 rings (SSSR count). The molecule has 1 aliphatic heterocycles. The van der Waals surface area contributed by atoms with E-state index < -0.39 is 0 Å². The average Bonchev–Trinajstić information content (AvgIpc) is 2.90. The van der Waals surface area contributed by atoms with Crippen LogP contribution in [0.15, 0.2) is 12.4 Å². The molecular formula is C15H26N4O. The van der Waals surface area contributed by atoms with Crippen LogP contribution < -0.4 is 10.1 Å². The first-order valence-electron chi connectivity index (χ1n) is 7.34. The van der Waals surface area contributed by atoms with E-state index in [0.29, 0.717) is 11.9 Å². The van der Waals surface area contributed by atoms with E-state index >= 15 is 0 Å². The third-order valence-electron chi connectivity index (χ3n) is 3.85. The Balaban J connectivity index is 2.10. The van der Waals surface area contributed by atoms with Gasteiger partial charge in [0.15, 0.2) is 5.82 Å². The predicted octanol–water partition coefficient (Wildman–Crippen LogP) is 2.41. The minimum Gasteiger partial charge on any atom is -0.478 e. The average molecular weight is 278 g/mol. The van der Waals surface area contributed by atoms with Gasteiger partial charge >= 0.3 is 0 Å². The van der Waals surface area contributed by atoms with Crippen molar-refractivity contribution in [1.82, 2.24) is 14.9 Å². The van der Waals surface area contributed by atoms with Gasteiger partial charge in [-0.15, -0.1) is 0 Å². The Bertz CT molecular complexity index is 424. The van der Waals surface area contributed by atoms with Crippen LogP contribution in [0.4, 0.5) is 5.82 Å². The van der Waals surface area contributed by atoms with Gasteiger partial charge in [0.1, 0.15) is 0 Å². The fourth-order valence-electron chi connectivity index (χ4n) is 2.50. The van der Waals surface area contributed by atoms with Crippen LogP contribution in [0, 0.1) is 5.41 Å². The Kier molecular flexibility index (Phi) is 4.81. The van der Waals surface area contributed by atoms with Crippen LogP contribution in [-0.4, -0.2) is 47.7 Å². The highest BCUT2D eigenvalue weighted by Crippen LogP contribution is 2.27. The highest BCUT2D eigenvalue weighted by Gasteiger charge is 2.28. The molecule has 0 bridgehead atoms. The lowest BCUT2D eigenvalue weighted by Crippen LogP contribution is -2.43. The molecule has 5 nitrogen and oxygen atoms in total. The fraction of sp³-hybridized carbons (Fsp3) is 0.733. The molecule has 112 valence electrons. The highest BCUT2D eigenvalue weighted by molar-refractivity contribution is 5.45. The van der Waals surface area contributed by atoms with Crippen LogP contribution in [0.1, 0.15) is 33.6 Å². The van der Waals surface area contributed by atoms with Crippen molar-refractivity contribution in [3.63, 3.8) is 0 Å². The number of anilines is 1. The lowest BCUT2D eigenvalue weighted by atomic mass is 9.86. The van der Waals surface area contributed by atoms with Crippen molar-refractivity contribution >= 4 is 5.82 Å². The van der Waals surface area contributed by atoms with Crippen LogP contribution in [0.2, 0.25) is 0 Å². The molecule has 0 aromatic carbocycles. The zero-order valence-corrected chi connectivity index (χ0v) is 13.0. The Labute approximate surface area is 121 Å². The third kappa shape index (κ3) is 3.82. The van der Waals surface area contributed by atoms with E-state index in [4.69, 9.17) is 4.74 Å². The third-order valence-corrected chi connectivity index (χ3v) is 3.85. The minimum absolute atomic E-state index is 0.144. The normalized spacial score (nSPS) is 18.0. The quantitative estimate of drug-likeness (QED) is 0.896. The van der Waals surface area contributed by atoms with Crippen molar-refractivity contribution in [3.8, 4) is 5.88 Å². The van der Waals surface area contributed by atoms with Gasteiger partial charge in [0.2, 0.25) is 0 Å². The molecule has 5 heteroatoms. The predicted molar refractivity (Wildman–Crippen MR) is 81.1 cm³/mol. The van der Waals surface area contributed by atoms with Gasteiger partial charge in [0.05, 0.1) is 7.11 Å². The van der Waals surface area contributed by atoms with Gasteiger partial charge in [0, 0.05) is 25.0 Å². The summed E-state index contributed by atoms with van der Waals surface area (Å²) in [5.41, 5.74) is 0.144. The first-order valence-corrected chi connectivity index (χ1v) is 7.34. The molecule has 1 aromatic heterocycles. The van der Waals surface area contributed by atoms with E-state index in [1.807, 2.05) is 0 Å². The number of nitrogens with zero attached hydrogens (tertiary/aromatic N) is 3. The largest absolute Gasteiger partial charge is 0.478 e. The second-order valence-electron chi connectivity index (χ2n) is 6.48. The maximum Gasteiger partial charge on any atom is 0.257 e. The van der Waals surface area contributed by atoms with Crippen LogP contribution in [0.5, 0.6) is 5.88 Å². The molecule has 1 atom stereocenters. The first-order chi connectivity index (χ1) is 9.50. The summed E-state index contributed by atoms with van der Waals surface area (Å²) < 4.78 is 5.28. The molecule has 0 amide bonds. The first kappa shape index (κ1) is 15.0. The molecule has 0 saturated carbocycles. The van der Waals surface area contributed by atoms with Crippen LogP contribution in [0.3, 0.4) is 0 Å². The van der Waals surface area contributed by atoms with Gasteiger partial charge in [-0.05, 0) is 31.3 Å². The number of methoxy groups -OCH3 is 1. The molecule has 1 N–H and O–H groups in total. The molecule has 0 spiro atoms. The van der Waals surface area contributed by atoms with Crippen molar-refractivity contribution < 1.29 is 4.74 Å². The van der Waals surface area contributed by atoms with E-state index in [1.165, 1.54) is 25.9 Å². The number of likely N-dealkylation sites (tertiary alicyclic amines) is 1. The fourth-order valence-corrected chi connectivity index (χ4v) is 2.50. The molecule has 2 heterocycles. The van der Waals surface area contributed by atoms with Gasteiger partial charge in [0.25, 0.3) is 5.88 Å².